The molecule has 0 saturated carbocycles. The molecule has 0 atom stereocenters. The normalized spacial score (nSPS) is 11.6. The lowest BCUT2D eigenvalue weighted by Crippen LogP contribution is -2.13. The first kappa shape index (κ1) is 19.4. The van der Waals surface area contributed by atoms with Crippen LogP contribution in [-0.4, -0.2) is 20.8 Å². The van der Waals surface area contributed by atoms with Crippen molar-refractivity contribution in [2.45, 2.75) is 12.7 Å². The Morgan fingerprint density at radius 1 is 1.17 bits per heavy atom. The number of carbonyl (C=O) groups is 1. The van der Waals surface area contributed by atoms with Gasteiger partial charge in [0.25, 0.3) is 5.91 Å². The van der Waals surface area contributed by atoms with Crippen LogP contribution in [0.15, 0.2) is 64.0 Å². The maximum absolute atomic E-state index is 13.4. The lowest BCUT2D eigenvalue weighted by molar-refractivity contribution is -0.138. The number of anilines is 1. The molecule has 1 aromatic carbocycles. The molecule has 0 unspecified atom stereocenters. The fourth-order valence-electron chi connectivity index (χ4n) is 2.77. The Morgan fingerprint density at radius 3 is 2.73 bits per heavy atom. The molecule has 4 aromatic rings. The lowest BCUT2D eigenvalue weighted by atomic mass is 10.1. The van der Waals surface area contributed by atoms with Crippen LogP contribution in [0.25, 0.3) is 11.5 Å². The summed E-state index contributed by atoms with van der Waals surface area (Å²) in [4.78, 5) is 12.3. The summed E-state index contributed by atoms with van der Waals surface area (Å²) in [5.74, 6) is -0.758. The third kappa shape index (κ3) is 4.09. The Labute approximate surface area is 165 Å². The van der Waals surface area contributed by atoms with Gasteiger partial charge >= 0.3 is 6.18 Å². The van der Waals surface area contributed by atoms with Crippen LogP contribution in [0.1, 0.15) is 21.6 Å². The van der Waals surface area contributed by atoms with E-state index in [0.717, 1.165) is 16.8 Å². The number of benzene rings is 1. The van der Waals surface area contributed by atoms with E-state index >= 15 is 0 Å². The average Bonchev–Trinajstić information content (AvgIpc) is 3.42. The average molecular weight is 420 g/mol. The third-order valence-corrected chi connectivity index (χ3v) is 4.10. The zero-order valence-corrected chi connectivity index (χ0v) is 15.0. The van der Waals surface area contributed by atoms with Crippen molar-refractivity contribution in [2.75, 3.05) is 5.32 Å². The number of furan rings is 1. The molecule has 0 aliphatic heterocycles. The fourth-order valence-corrected chi connectivity index (χ4v) is 2.77. The predicted molar refractivity (Wildman–Crippen MR) is 94.9 cm³/mol. The number of nitrogens with zero attached hydrogens (tertiary/aromatic N) is 3. The fraction of sp³-hybridized carbons (Fsp3) is 0.105. The molecule has 4 rings (SSSR count). The highest BCUT2D eigenvalue weighted by Gasteiger charge is 2.33. The van der Waals surface area contributed by atoms with E-state index in [2.05, 4.69) is 15.6 Å². The number of hydrogen-bond acceptors (Lipinski definition) is 5. The molecule has 7 nitrogen and oxygen atoms in total. The molecule has 154 valence electrons. The van der Waals surface area contributed by atoms with Crippen LogP contribution < -0.4 is 5.32 Å². The van der Waals surface area contributed by atoms with E-state index in [0.29, 0.717) is 11.8 Å². The van der Waals surface area contributed by atoms with Gasteiger partial charge < -0.3 is 14.3 Å². The number of carbonyl (C=O) groups excluding carboxylic acids is 1. The summed E-state index contributed by atoms with van der Waals surface area (Å²) in [5.41, 5.74) is -1.06. The lowest BCUT2D eigenvalue weighted by Gasteiger charge is -2.12. The van der Waals surface area contributed by atoms with Gasteiger partial charge in [0.2, 0.25) is 5.76 Å². The number of halogens is 4. The molecule has 1 N–H and O–H groups in total. The summed E-state index contributed by atoms with van der Waals surface area (Å²) < 4.78 is 64.1. The van der Waals surface area contributed by atoms with E-state index in [9.17, 15) is 22.4 Å². The van der Waals surface area contributed by atoms with Crippen LogP contribution in [0.2, 0.25) is 0 Å². The van der Waals surface area contributed by atoms with Crippen molar-refractivity contribution in [1.29, 1.82) is 0 Å². The van der Waals surface area contributed by atoms with Crippen molar-refractivity contribution in [2.24, 2.45) is 0 Å². The molecular weight excluding hydrogens is 408 g/mol. The summed E-state index contributed by atoms with van der Waals surface area (Å²) in [7, 11) is 0. The maximum Gasteiger partial charge on any atom is 0.416 e. The monoisotopic (exact) mass is 420 g/mol. The molecule has 0 spiro atoms. The highest BCUT2D eigenvalue weighted by atomic mass is 19.4. The molecule has 0 fully saturated rings. The quantitative estimate of drug-likeness (QED) is 0.478. The van der Waals surface area contributed by atoms with Crippen molar-refractivity contribution in [3.05, 3.63) is 77.7 Å². The van der Waals surface area contributed by atoms with Gasteiger partial charge in [-0.25, -0.2) is 4.39 Å². The topological polar surface area (TPSA) is 86.1 Å². The zero-order chi connectivity index (χ0) is 21.3. The van der Waals surface area contributed by atoms with E-state index in [1.54, 1.807) is 12.1 Å². The molecular formula is C19H12F4N4O3. The second kappa shape index (κ2) is 7.50. The van der Waals surface area contributed by atoms with Crippen molar-refractivity contribution in [3.8, 4) is 11.5 Å². The third-order valence-electron chi connectivity index (χ3n) is 4.10. The van der Waals surface area contributed by atoms with Gasteiger partial charge in [0, 0.05) is 12.3 Å². The van der Waals surface area contributed by atoms with Crippen molar-refractivity contribution < 1.29 is 31.3 Å². The molecule has 1 amide bonds. The second-order valence-electron chi connectivity index (χ2n) is 6.23. The van der Waals surface area contributed by atoms with Gasteiger partial charge in [-0.1, -0.05) is 5.16 Å². The Bertz CT molecular complexity index is 1180. The highest BCUT2D eigenvalue weighted by Crippen LogP contribution is 2.32. The van der Waals surface area contributed by atoms with E-state index in [1.807, 2.05) is 0 Å². The largest absolute Gasteiger partial charge is 0.461 e. The first-order valence-corrected chi connectivity index (χ1v) is 8.49. The Kier molecular flexibility index (Phi) is 4.86. The van der Waals surface area contributed by atoms with Crippen molar-refractivity contribution in [3.63, 3.8) is 0 Å². The minimum Gasteiger partial charge on any atom is -0.461 e. The van der Waals surface area contributed by atoms with E-state index in [-0.39, 0.29) is 29.2 Å². The van der Waals surface area contributed by atoms with Gasteiger partial charge in [0.05, 0.1) is 30.3 Å². The smallest absolute Gasteiger partial charge is 0.416 e. The highest BCUT2D eigenvalue weighted by molar-refractivity contribution is 6.03. The van der Waals surface area contributed by atoms with Crippen LogP contribution >= 0.6 is 0 Å². The summed E-state index contributed by atoms with van der Waals surface area (Å²) in [6.45, 7) is -0.338. The van der Waals surface area contributed by atoms with E-state index in [1.165, 1.54) is 24.7 Å². The maximum atomic E-state index is 13.4. The zero-order valence-electron chi connectivity index (χ0n) is 15.0. The first-order chi connectivity index (χ1) is 14.3. The van der Waals surface area contributed by atoms with Crippen LogP contribution in [0.3, 0.4) is 0 Å². The number of hydrogen-bond donors (Lipinski definition) is 1. The molecule has 0 bridgehead atoms. The first-order valence-electron chi connectivity index (χ1n) is 8.49. The molecule has 0 saturated heterocycles. The van der Waals surface area contributed by atoms with Gasteiger partial charge in [0.1, 0.15) is 5.82 Å². The molecule has 11 heteroatoms. The Hall–Kier alpha value is -3.89. The minimum atomic E-state index is -4.63. The van der Waals surface area contributed by atoms with Crippen molar-refractivity contribution in [1.82, 2.24) is 14.9 Å². The minimum absolute atomic E-state index is 0.0290. The van der Waals surface area contributed by atoms with Crippen molar-refractivity contribution >= 4 is 11.6 Å². The van der Waals surface area contributed by atoms with Gasteiger partial charge in [-0.15, -0.1) is 0 Å². The molecule has 3 aromatic heterocycles. The summed E-state index contributed by atoms with van der Waals surface area (Å²) in [5, 5.41) is 10.1. The van der Waals surface area contributed by atoms with Crippen LogP contribution in [0, 0.1) is 5.82 Å². The molecule has 0 aliphatic carbocycles. The van der Waals surface area contributed by atoms with Gasteiger partial charge in [-0.05, 0) is 35.9 Å². The van der Waals surface area contributed by atoms with Gasteiger partial charge in [-0.2, -0.15) is 18.3 Å². The standard InChI is InChI=1S/C19H12F4N4O3/c20-12-3-4-14(19(21,22)23)11(6-12)9-27-10-13(8-24-27)25-18(28)15-7-17(30-26-15)16-2-1-5-29-16/h1-8,10H,9H2,(H,25,28). The van der Waals surface area contributed by atoms with Crippen LogP contribution in [0.4, 0.5) is 23.2 Å². The predicted octanol–water partition coefficient (Wildman–Crippen LogP) is 4.59. The molecule has 0 radical (unpaired) electrons. The molecule has 30 heavy (non-hydrogen) atoms. The second-order valence-corrected chi connectivity index (χ2v) is 6.23. The summed E-state index contributed by atoms with van der Waals surface area (Å²) in [6.07, 6.45) is -0.630. The van der Waals surface area contributed by atoms with E-state index in [4.69, 9.17) is 8.94 Å². The number of rotatable bonds is 5. The Morgan fingerprint density at radius 2 is 2.00 bits per heavy atom. The summed E-state index contributed by atoms with van der Waals surface area (Å²) in [6, 6.07) is 6.88. The Balaban J connectivity index is 1.48. The molecule has 3 heterocycles. The number of alkyl halides is 3. The van der Waals surface area contributed by atoms with Crippen LogP contribution in [0.5, 0.6) is 0 Å². The number of aromatic nitrogens is 3. The summed E-state index contributed by atoms with van der Waals surface area (Å²) >= 11 is 0. The SMILES string of the molecule is O=C(Nc1cnn(Cc2cc(F)ccc2C(F)(F)F)c1)c1cc(-c2ccco2)on1. The van der Waals surface area contributed by atoms with Crippen LogP contribution in [-0.2, 0) is 12.7 Å². The number of nitrogens with one attached hydrogen (secondary N) is 1. The van der Waals surface area contributed by atoms with Gasteiger partial charge in [0.15, 0.2) is 11.5 Å². The van der Waals surface area contributed by atoms with E-state index < -0.39 is 23.5 Å². The van der Waals surface area contributed by atoms with Gasteiger partial charge in [-0.3, -0.25) is 9.48 Å². The number of amides is 1. The molecule has 0 aliphatic rings.